The lowest BCUT2D eigenvalue weighted by molar-refractivity contribution is -0.139. The van der Waals surface area contributed by atoms with Crippen molar-refractivity contribution in [2.75, 3.05) is 13.2 Å². The molecule has 3 rings (SSSR count). The van der Waals surface area contributed by atoms with Crippen molar-refractivity contribution >= 4 is 46.2 Å². The summed E-state index contributed by atoms with van der Waals surface area (Å²) in [7, 11) is 0. The highest BCUT2D eigenvalue weighted by molar-refractivity contribution is 7.23. The van der Waals surface area contributed by atoms with E-state index in [1.165, 1.54) is 22.7 Å². The molecule has 1 fully saturated rings. The molecule has 2 aromatic rings. The predicted molar refractivity (Wildman–Crippen MR) is 92.9 cm³/mol. The van der Waals surface area contributed by atoms with Crippen LogP contribution in [0.15, 0.2) is 17.5 Å². The van der Waals surface area contributed by atoms with Crippen LogP contribution >= 0.6 is 34.3 Å². The molecule has 1 aliphatic rings. The van der Waals surface area contributed by atoms with E-state index >= 15 is 0 Å². The van der Waals surface area contributed by atoms with E-state index in [1.807, 2.05) is 6.07 Å². The summed E-state index contributed by atoms with van der Waals surface area (Å²) in [6.07, 6.45) is 0.824. The van der Waals surface area contributed by atoms with Crippen LogP contribution in [-0.2, 0) is 9.53 Å². The average Bonchev–Trinajstić information content (AvgIpc) is 3.15. The van der Waals surface area contributed by atoms with E-state index in [0.29, 0.717) is 30.4 Å². The molecule has 0 aromatic carbocycles. The highest BCUT2D eigenvalue weighted by Gasteiger charge is 2.37. The highest BCUT2D eigenvalue weighted by atomic mass is 35.5. The van der Waals surface area contributed by atoms with Gasteiger partial charge in [0.05, 0.1) is 21.2 Å². The average molecular weight is 387 g/mol. The minimum atomic E-state index is -0.940. The third-order valence-electron chi connectivity index (χ3n) is 3.84. The second kappa shape index (κ2) is 7.18. The topological polar surface area (TPSA) is 88.5 Å². The number of rotatable bonds is 5. The molecule has 9 heteroatoms. The van der Waals surface area contributed by atoms with Crippen LogP contribution in [0.4, 0.5) is 0 Å². The van der Waals surface area contributed by atoms with Gasteiger partial charge in [0, 0.05) is 18.6 Å². The van der Waals surface area contributed by atoms with Crippen molar-refractivity contribution in [3.8, 4) is 9.88 Å². The van der Waals surface area contributed by atoms with Crippen LogP contribution in [0.3, 0.4) is 0 Å². The second-order valence-corrected chi connectivity index (χ2v) is 8.13. The number of amides is 1. The number of carboxylic acid groups (broad SMARTS) is 1. The number of carbonyl (C=O) groups is 2. The van der Waals surface area contributed by atoms with E-state index in [1.54, 1.807) is 11.4 Å². The first-order chi connectivity index (χ1) is 11.5. The van der Waals surface area contributed by atoms with E-state index in [2.05, 4.69) is 10.3 Å². The molecule has 1 saturated heterocycles. The summed E-state index contributed by atoms with van der Waals surface area (Å²) in [6.45, 7) is 0.868. The monoisotopic (exact) mass is 386 g/mol. The van der Waals surface area contributed by atoms with Crippen molar-refractivity contribution in [1.82, 2.24) is 10.3 Å². The number of nitrogens with one attached hydrogen (secondary N) is 1. The van der Waals surface area contributed by atoms with Gasteiger partial charge in [-0.15, -0.1) is 22.7 Å². The molecule has 2 aromatic heterocycles. The van der Waals surface area contributed by atoms with E-state index in [9.17, 15) is 9.59 Å². The zero-order valence-electron chi connectivity index (χ0n) is 12.6. The summed E-state index contributed by atoms with van der Waals surface area (Å²) < 4.78 is 5.95. The number of hydrogen-bond donors (Lipinski definition) is 2. The van der Waals surface area contributed by atoms with Gasteiger partial charge in [0.15, 0.2) is 0 Å². The molecule has 2 N–H and O–H groups in total. The minimum Gasteiger partial charge on any atom is -0.481 e. The van der Waals surface area contributed by atoms with Gasteiger partial charge in [0.25, 0.3) is 5.91 Å². The quantitative estimate of drug-likeness (QED) is 0.823. The Bertz CT molecular complexity index is 752. The Morgan fingerprint density at radius 1 is 1.38 bits per heavy atom. The van der Waals surface area contributed by atoms with Gasteiger partial charge in [-0.05, 0) is 25.0 Å². The summed E-state index contributed by atoms with van der Waals surface area (Å²) in [4.78, 5) is 28.9. The van der Waals surface area contributed by atoms with Gasteiger partial charge < -0.3 is 15.2 Å². The van der Waals surface area contributed by atoms with Crippen molar-refractivity contribution in [3.05, 3.63) is 27.5 Å². The molecule has 0 saturated carbocycles. The van der Waals surface area contributed by atoms with E-state index in [0.717, 1.165) is 9.88 Å². The van der Waals surface area contributed by atoms with Crippen LogP contribution in [0.1, 0.15) is 29.8 Å². The lowest BCUT2D eigenvalue weighted by atomic mass is 9.86. The van der Waals surface area contributed by atoms with Crippen LogP contribution in [0.5, 0.6) is 0 Å². The normalized spacial score (nSPS) is 16.7. The number of aliphatic carboxylic acids is 1. The maximum Gasteiger partial charge on any atom is 0.305 e. The first kappa shape index (κ1) is 17.3. The minimum absolute atomic E-state index is 0.125. The number of thiophene rings is 1. The molecule has 0 aliphatic carbocycles. The summed E-state index contributed by atoms with van der Waals surface area (Å²) in [5.74, 6) is -1.30. The zero-order chi connectivity index (χ0) is 17.2. The molecule has 3 heterocycles. The number of hydrogen-bond acceptors (Lipinski definition) is 6. The lowest BCUT2D eigenvalue weighted by Gasteiger charge is -2.36. The van der Waals surface area contributed by atoms with Gasteiger partial charge in [0.2, 0.25) is 0 Å². The van der Waals surface area contributed by atoms with Crippen LogP contribution in [0.25, 0.3) is 9.88 Å². The molecule has 1 amide bonds. The molecular weight excluding hydrogens is 372 g/mol. The van der Waals surface area contributed by atoms with Gasteiger partial charge >= 0.3 is 5.97 Å². The molecule has 0 atom stereocenters. The van der Waals surface area contributed by atoms with Gasteiger partial charge in [-0.1, -0.05) is 11.6 Å². The third-order valence-corrected chi connectivity index (χ3v) is 6.08. The standard InChI is InChI=1S/C15H15ClN2O4S2/c16-11-2-1-10(24-11)14-17-9(8-23-14)13(21)18-15(7-12(19)20)3-5-22-6-4-15/h1-2,8H,3-7H2,(H,18,21)(H,19,20). The Hall–Kier alpha value is -1.48. The second-order valence-electron chi connectivity index (χ2n) is 5.56. The first-order valence-electron chi connectivity index (χ1n) is 7.31. The van der Waals surface area contributed by atoms with Crippen LogP contribution in [0, 0.1) is 0 Å². The molecule has 24 heavy (non-hydrogen) atoms. The number of carboxylic acids is 1. The van der Waals surface area contributed by atoms with Crippen molar-refractivity contribution in [1.29, 1.82) is 0 Å². The molecular formula is C15H15ClN2O4S2. The SMILES string of the molecule is O=C(O)CC1(NC(=O)c2csc(-c3ccc(Cl)s3)n2)CCOCC1. The molecule has 0 radical (unpaired) electrons. The lowest BCUT2D eigenvalue weighted by Crippen LogP contribution is -2.53. The third kappa shape index (κ3) is 3.94. The van der Waals surface area contributed by atoms with E-state index in [4.69, 9.17) is 21.4 Å². The number of carbonyl (C=O) groups excluding carboxylic acids is 1. The number of aromatic nitrogens is 1. The largest absolute Gasteiger partial charge is 0.481 e. The van der Waals surface area contributed by atoms with Crippen LogP contribution < -0.4 is 5.32 Å². The Kier molecular flexibility index (Phi) is 5.19. The molecule has 0 unspecified atom stereocenters. The Morgan fingerprint density at radius 3 is 2.75 bits per heavy atom. The van der Waals surface area contributed by atoms with Crippen molar-refractivity contribution in [2.24, 2.45) is 0 Å². The smallest absolute Gasteiger partial charge is 0.305 e. The number of ether oxygens (including phenoxy) is 1. The summed E-state index contributed by atoms with van der Waals surface area (Å²) in [6, 6.07) is 3.64. The highest BCUT2D eigenvalue weighted by Crippen LogP contribution is 2.33. The molecule has 0 bridgehead atoms. The summed E-state index contributed by atoms with van der Waals surface area (Å²) >= 11 is 8.68. The Labute approximate surface area is 151 Å². The van der Waals surface area contributed by atoms with Crippen LogP contribution in [-0.4, -0.2) is 40.7 Å². The number of nitrogens with zero attached hydrogens (tertiary/aromatic N) is 1. The molecule has 0 spiro atoms. The number of thiazole rings is 1. The molecule has 128 valence electrons. The first-order valence-corrected chi connectivity index (χ1v) is 9.38. The maximum atomic E-state index is 12.5. The molecule has 6 nitrogen and oxygen atoms in total. The molecule has 1 aliphatic heterocycles. The van der Waals surface area contributed by atoms with Gasteiger partial charge in [-0.25, -0.2) is 4.98 Å². The Morgan fingerprint density at radius 2 is 2.12 bits per heavy atom. The van der Waals surface area contributed by atoms with E-state index in [-0.39, 0.29) is 18.0 Å². The fraction of sp³-hybridized carbons (Fsp3) is 0.400. The maximum absolute atomic E-state index is 12.5. The van der Waals surface area contributed by atoms with Crippen molar-refractivity contribution < 1.29 is 19.4 Å². The van der Waals surface area contributed by atoms with Crippen molar-refractivity contribution in [3.63, 3.8) is 0 Å². The fourth-order valence-electron chi connectivity index (χ4n) is 2.62. The van der Waals surface area contributed by atoms with Gasteiger partial charge in [0.1, 0.15) is 10.7 Å². The Balaban J connectivity index is 1.75. The van der Waals surface area contributed by atoms with Gasteiger partial charge in [-0.2, -0.15) is 0 Å². The zero-order valence-corrected chi connectivity index (χ0v) is 15.0. The van der Waals surface area contributed by atoms with Crippen molar-refractivity contribution in [2.45, 2.75) is 24.8 Å². The summed E-state index contributed by atoms with van der Waals surface area (Å²) in [5.41, 5.74) is -0.493. The fourth-order valence-corrected chi connectivity index (χ4v) is 4.54. The summed E-state index contributed by atoms with van der Waals surface area (Å²) in [5, 5.41) is 14.4. The van der Waals surface area contributed by atoms with Crippen LogP contribution in [0.2, 0.25) is 4.34 Å². The predicted octanol–water partition coefficient (Wildman–Crippen LogP) is 3.28. The van der Waals surface area contributed by atoms with E-state index < -0.39 is 11.5 Å². The van der Waals surface area contributed by atoms with Gasteiger partial charge in [-0.3, -0.25) is 9.59 Å². The number of halogens is 1.